The van der Waals surface area contributed by atoms with Crippen molar-refractivity contribution in [3.63, 3.8) is 0 Å². The number of amides is 1. The van der Waals surface area contributed by atoms with E-state index in [4.69, 9.17) is 9.47 Å². The molecule has 0 radical (unpaired) electrons. The van der Waals surface area contributed by atoms with E-state index >= 15 is 0 Å². The zero-order chi connectivity index (χ0) is 17.9. The van der Waals surface area contributed by atoms with Crippen molar-refractivity contribution in [1.82, 2.24) is 0 Å². The highest BCUT2D eigenvalue weighted by Crippen LogP contribution is 2.43. The van der Waals surface area contributed by atoms with Gasteiger partial charge >= 0.3 is 5.97 Å². The third-order valence-corrected chi connectivity index (χ3v) is 5.45. The molecular formula is C20H24N2O4. The van der Waals surface area contributed by atoms with Crippen molar-refractivity contribution in [2.24, 2.45) is 17.8 Å². The molecule has 6 heteroatoms. The summed E-state index contributed by atoms with van der Waals surface area (Å²) in [7, 11) is 0. The van der Waals surface area contributed by atoms with Crippen molar-refractivity contribution in [1.29, 1.82) is 0 Å². The van der Waals surface area contributed by atoms with Gasteiger partial charge in [0.15, 0.2) is 6.61 Å². The predicted molar refractivity (Wildman–Crippen MR) is 97.9 cm³/mol. The number of nitrogens with one attached hydrogen (secondary N) is 1. The molecule has 3 unspecified atom stereocenters. The van der Waals surface area contributed by atoms with Crippen LogP contribution in [0.5, 0.6) is 0 Å². The van der Waals surface area contributed by atoms with Crippen LogP contribution in [0.25, 0.3) is 0 Å². The van der Waals surface area contributed by atoms with E-state index < -0.39 is 0 Å². The van der Waals surface area contributed by atoms with E-state index in [-0.39, 0.29) is 24.4 Å². The molecule has 1 aromatic rings. The van der Waals surface area contributed by atoms with Crippen LogP contribution < -0.4 is 10.2 Å². The Labute approximate surface area is 153 Å². The van der Waals surface area contributed by atoms with Crippen LogP contribution >= 0.6 is 0 Å². The predicted octanol–water partition coefficient (Wildman–Crippen LogP) is 2.22. The molecular weight excluding hydrogens is 332 g/mol. The van der Waals surface area contributed by atoms with Gasteiger partial charge in [-0.25, -0.2) is 0 Å². The summed E-state index contributed by atoms with van der Waals surface area (Å²) in [5, 5.41) is 2.78. The van der Waals surface area contributed by atoms with Crippen LogP contribution in [0.1, 0.15) is 12.8 Å². The maximum atomic E-state index is 12.2. The van der Waals surface area contributed by atoms with Gasteiger partial charge in [-0.3, -0.25) is 9.59 Å². The van der Waals surface area contributed by atoms with E-state index in [1.807, 2.05) is 24.3 Å². The molecule has 0 aromatic heterocycles. The van der Waals surface area contributed by atoms with E-state index in [0.717, 1.165) is 44.8 Å². The molecule has 3 aliphatic rings. The molecule has 1 saturated heterocycles. The molecule has 0 spiro atoms. The quantitative estimate of drug-likeness (QED) is 0.647. The van der Waals surface area contributed by atoms with E-state index in [1.165, 1.54) is 0 Å². The topological polar surface area (TPSA) is 67.9 Å². The Kier molecular flexibility index (Phi) is 4.93. The first kappa shape index (κ1) is 17.1. The largest absolute Gasteiger partial charge is 0.455 e. The number of nitrogens with zero attached hydrogens (tertiary/aromatic N) is 1. The van der Waals surface area contributed by atoms with Gasteiger partial charge in [-0.15, -0.1) is 0 Å². The van der Waals surface area contributed by atoms with Gasteiger partial charge in [-0.1, -0.05) is 12.2 Å². The first-order valence-corrected chi connectivity index (χ1v) is 9.26. The molecule has 1 saturated carbocycles. The van der Waals surface area contributed by atoms with Crippen LogP contribution in [0.3, 0.4) is 0 Å². The number of hydrogen-bond donors (Lipinski definition) is 1. The summed E-state index contributed by atoms with van der Waals surface area (Å²) in [6.07, 6.45) is 6.18. The molecule has 26 heavy (non-hydrogen) atoms. The van der Waals surface area contributed by atoms with Gasteiger partial charge < -0.3 is 19.7 Å². The van der Waals surface area contributed by atoms with Crippen molar-refractivity contribution < 1.29 is 19.1 Å². The van der Waals surface area contributed by atoms with E-state index in [9.17, 15) is 9.59 Å². The highest BCUT2D eigenvalue weighted by Gasteiger charge is 2.40. The Morgan fingerprint density at radius 2 is 1.88 bits per heavy atom. The van der Waals surface area contributed by atoms with Crippen molar-refractivity contribution in [2.75, 3.05) is 43.1 Å². The van der Waals surface area contributed by atoms with Gasteiger partial charge in [0.05, 0.1) is 19.1 Å². The first-order valence-electron chi connectivity index (χ1n) is 9.26. The minimum Gasteiger partial charge on any atom is -0.455 e. The van der Waals surface area contributed by atoms with Gasteiger partial charge in [0.2, 0.25) is 0 Å². The molecule has 3 atom stereocenters. The number of allylic oxidation sites excluding steroid dienone is 2. The molecule has 1 aromatic carbocycles. The number of hydrogen-bond acceptors (Lipinski definition) is 5. The molecule has 4 rings (SSSR count). The lowest BCUT2D eigenvalue weighted by Crippen LogP contribution is -2.36. The maximum absolute atomic E-state index is 12.2. The fourth-order valence-electron chi connectivity index (χ4n) is 4.07. The van der Waals surface area contributed by atoms with Gasteiger partial charge in [-0.05, 0) is 48.9 Å². The number of morpholine rings is 1. The lowest BCUT2D eigenvalue weighted by Gasteiger charge is -2.28. The summed E-state index contributed by atoms with van der Waals surface area (Å²) >= 11 is 0. The lowest BCUT2D eigenvalue weighted by molar-refractivity contribution is -0.152. The standard InChI is InChI=1S/C20H24N2O4/c23-19(13-26-20(24)18-12-14-1-2-15(18)11-14)21-16-3-5-17(6-4-16)22-7-9-25-10-8-22/h1-6,14-15,18H,7-13H2,(H,21,23). The van der Waals surface area contributed by atoms with E-state index in [2.05, 4.69) is 22.4 Å². The molecule has 1 N–H and O–H groups in total. The molecule has 6 nitrogen and oxygen atoms in total. The van der Waals surface area contributed by atoms with Crippen LogP contribution in [0.2, 0.25) is 0 Å². The minimum atomic E-state index is -0.309. The van der Waals surface area contributed by atoms with Crippen LogP contribution in [-0.4, -0.2) is 44.8 Å². The highest BCUT2D eigenvalue weighted by atomic mass is 16.5. The van der Waals surface area contributed by atoms with Crippen molar-refractivity contribution in [2.45, 2.75) is 12.8 Å². The van der Waals surface area contributed by atoms with Crippen LogP contribution in [0.15, 0.2) is 36.4 Å². The van der Waals surface area contributed by atoms with E-state index in [0.29, 0.717) is 17.5 Å². The molecule has 2 bridgehead atoms. The molecule has 1 aliphatic heterocycles. The second-order valence-corrected chi connectivity index (χ2v) is 7.19. The van der Waals surface area contributed by atoms with Crippen molar-refractivity contribution >= 4 is 23.3 Å². The first-order chi connectivity index (χ1) is 12.7. The Morgan fingerprint density at radius 3 is 2.54 bits per heavy atom. The fraction of sp³-hybridized carbons (Fsp3) is 0.500. The van der Waals surface area contributed by atoms with Gasteiger partial charge in [0.1, 0.15) is 0 Å². The molecule has 1 amide bonds. The maximum Gasteiger partial charge on any atom is 0.310 e. The van der Waals surface area contributed by atoms with Gasteiger partial charge in [0.25, 0.3) is 5.91 Å². The Hall–Kier alpha value is -2.34. The van der Waals surface area contributed by atoms with Crippen molar-refractivity contribution in [3.05, 3.63) is 36.4 Å². The highest BCUT2D eigenvalue weighted by molar-refractivity contribution is 5.93. The summed E-state index contributed by atoms with van der Waals surface area (Å²) in [4.78, 5) is 26.5. The number of carbonyl (C=O) groups is 2. The third kappa shape index (κ3) is 3.75. The summed E-state index contributed by atoms with van der Waals surface area (Å²) < 4.78 is 10.6. The second-order valence-electron chi connectivity index (χ2n) is 7.19. The summed E-state index contributed by atoms with van der Waals surface area (Å²) in [5.41, 5.74) is 1.81. The molecule has 2 aliphatic carbocycles. The Balaban J connectivity index is 1.24. The van der Waals surface area contributed by atoms with Gasteiger partial charge in [-0.2, -0.15) is 0 Å². The fourth-order valence-corrected chi connectivity index (χ4v) is 4.07. The van der Waals surface area contributed by atoms with Crippen LogP contribution in [0.4, 0.5) is 11.4 Å². The molecule has 1 heterocycles. The normalized spacial score (nSPS) is 26.8. The zero-order valence-corrected chi connectivity index (χ0v) is 14.7. The van der Waals surface area contributed by atoms with Gasteiger partial charge in [0, 0.05) is 24.5 Å². The summed E-state index contributed by atoms with van der Waals surface area (Å²) in [5.74, 6) is 0.168. The zero-order valence-electron chi connectivity index (χ0n) is 14.7. The number of ether oxygens (including phenoxy) is 2. The minimum absolute atomic E-state index is 0.0781. The number of anilines is 2. The SMILES string of the molecule is O=C(COC(=O)C1CC2C=CC1C2)Nc1ccc(N2CCOCC2)cc1. The number of rotatable bonds is 5. The number of benzene rings is 1. The second kappa shape index (κ2) is 7.50. The number of esters is 1. The van der Waals surface area contributed by atoms with Crippen molar-refractivity contribution in [3.8, 4) is 0 Å². The lowest BCUT2D eigenvalue weighted by atomic mass is 9.94. The Morgan fingerprint density at radius 1 is 1.12 bits per heavy atom. The Bertz CT molecular complexity index is 694. The third-order valence-electron chi connectivity index (χ3n) is 5.45. The molecule has 2 fully saturated rings. The molecule has 138 valence electrons. The number of carbonyl (C=O) groups excluding carboxylic acids is 2. The average Bonchev–Trinajstić information content (AvgIpc) is 3.31. The summed E-state index contributed by atoms with van der Waals surface area (Å²) in [6.45, 7) is 2.99. The summed E-state index contributed by atoms with van der Waals surface area (Å²) in [6, 6.07) is 7.69. The smallest absolute Gasteiger partial charge is 0.310 e. The number of fused-ring (bicyclic) bond motifs is 2. The monoisotopic (exact) mass is 356 g/mol. The van der Waals surface area contributed by atoms with Crippen LogP contribution in [-0.2, 0) is 19.1 Å². The van der Waals surface area contributed by atoms with Crippen LogP contribution in [0, 0.1) is 17.8 Å². The average molecular weight is 356 g/mol. The van der Waals surface area contributed by atoms with E-state index in [1.54, 1.807) is 0 Å².